The van der Waals surface area contributed by atoms with Crippen LogP contribution >= 0.6 is 0 Å². The average Bonchev–Trinajstić information content (AvgIpc) is 1.99. The minimum Gasteiger partial charge on any atom is -0.511 e. The van der Waals surface area contributed by atoms with E-state index in [9.17, 15) is 14.7 Å². The van der Waals surface area contributed by atoms with Gasteiger partial charge < -0.3 is 9.84 Å². The van der Waals surface area contributed by atoms with Crippen molar-refractivity contribution in [3.63, 3.8) is 0 Å². The monoisotopic (exact) mass is 198 g/mol. The summed E-state index contributed by atoms with van der Waals surface area (Å²) in [5.74, 6) is -1.59. The second-order valence-corrected chi connectivity index (χ2v) is 4.16. The number of rotatable bonds is 1. The van der Waals surface area contributed by atoms with Crippen LogP contribution in [-0.4, -0.2) is 24.0 Å². The van der Waals surface area contributed by atoms with Crippen molar-refractivity contribution in [1.29, 1.82) is 0 Å². The van der Waals surface area contributed by atoms with Crippen LogP contribution in [0.25, 0.3) is 0 Å². The largest absolute Gasteiger partial charge is 0.511 e. The lowest BCUT2D eigenvalue weighted by molar-refractivity contribution is -0.150. The predicted octanol–water partition coefficient (Wildman–Crippen LogP) is 1.22. The van der Waals surface area contributed by atoms with Gasteiger partial charge in [0, 0.05) is 12.5 Å². The van der Waals surface area contributed by atoms with Crippen LogP contribution in [0, 0.1) is 11.3 Å². The molecule has 0 saturated carbocycles. The van der Waals surface area contributed by atoms with Gasteiger partial charge >= 0.3 is 5.97 Å². The maximum Gasteiger partial charge on any atom is 0.316 e. The van der Waals surface area contributed by atoms with Crippen molar-refractivity contribution in [1.82, 2.24) is 0 Å². The number of aliphatic hydroxyl groups is 1. The highest BCUT2D eigenvalue weighted by atomic mass is 16.5. The summed E-state index contributed by atoms with van der Waals surface area (Å²) in [7, 11) is 1.27. The average molecular weight is 198 g/mol. The Labute approximate surface area is 82.6 Å². The Hall–Kier alpha value is -1.32. The van der Waals surface area contributed by atoms with E-state index in [2.05, 4.69) is 4.74 Å². The van der Waals surface area contributed by atoms with Crippen molar-refractivity contribution >= 4 is 11.8 Å². The van der Waals surface area contributed by atoms with Gasteiger partial charge in [-0.2, -0.15) is 0 Å². The number of carbonyl (C=O) groups is 2. The zero-order chi connectivity index (χ0) is 10.9. The summed E-state index contributed by atoms with van der Waals surface area (Å²) in [6, 6.07) is 0. The van der Waals surface area contributed by atoms with E-state index >= 15 is 0 Å². The van der Waals surface area contributed by atoms with Crippen molar-refractivity contribution < 1.29 is 19.4 Å². The topological polar surface area (TPSA) is 63.6 Å². The Morgan fingerprint density at radius 1 is 1.64 bits per heavy atom. The van der Waals surface area contributed by atoms with Crippen LogP contribution in [0.1, 0.15) is 20.3 Å². The molecule has 0 aromatic carbocycles. The van der Waals surface area contributed by atoms with Gasteiger partial charge in [-0.3, -0.25) is 9.59 Å². The molecule has 0 fully saturated rings. The summed E-state index contributed by atoms with van der Waals surface area (Å²) in [6.07, 6.45) is 1.35. The highest BCUT2D eigenvalue weighted by molar-refractivity contribution is 5.94. The van der Waals surface area contributed by atoms with Gasteiger partial charge in [-0.25, -0.2) is 0 Å². The third-order valence-electron chi connectivity index (χ3n) is 2.45. The normalized spacial score (nSPS) is 25.5. The second-order valence-electron chi connectivity index (χ2n) is 4.16. The number of carbonyl (C=O) groups excluding carboxylic acids is 2. The third-order valence-corrected chi connectivity index (χ3v) is 2.45. The molecule has 1 aliphatic rings. The smallest absolute Gasteiger partial charge is 0.316 e. The van der Waals surface area contributed by atoms with E-state index in [0.29, 0.717) is 0 Å². The molecule has 14 heavy (non-hydrogen) atoms. The molecule has 0 aliphatic heterocycles. The first-order valence-corrected chi connectivity index (χ1v) is 4.39. The molecule has 0 amide bonds. The van der Waals surface area contributed by atoms with Crippen molar-refractivity contribution in [3.05, 3.63) is 11.8 Å². The molecule has 78 valence electrons. The van der Waals surface area contributed by atoms with Gasteiger partial charge in [-0.05, 0) is 5.41 Å². The Morgan fingerprint density at radius 3 is 2.64 bits per heavy atom. The van der Waals surface area contributed by atoms with Crippen molar-refractivity contribution in [3.8, 4) is 0 Å². The fourth-order valence-corrected chi connectivity index (χ4v) is 1.81. The minimum absolute atomic E-state index is 0.160. The molecule has 0 radical (unpaired) electrons. The van der Waals surface area contributed by atoms with Gasteiger partial charge in [0.2, 0.25) is 0 Å². The molecular weight excluding hydrogens is 184 g/mol. The summed E-state index contributed by atoms with van der Waals surface area (Å²) in [5.41, 5.74) is -0.580. The lowest BCUT2D eigenvalue weighted by atomic mass is 9.71. The Kier molecular flexibility index (Phi) is 2.64. The molecule has 0 aromatic heterocycles. The first-order chi connectivity index (χ1) is 6.38. The number of hydrogen-bond donors (Lipinski definition) is 1. The predicted molar refractivity (Wildman–Crippen MR) is 49.6 cm³/mol. The molecule has 0 saturated heterocycles. The van der Waals surface area contributed by atoms with Gasteiger partial charge in [-0.15, -0.1) is 0 Å². The molecule has 1 N–H and O–H groups in total. The van der Waals surface area contributed by atoms with E-state index in [-0.39, 0.29) is 18.0 Å². The summed E-state index contributed by atoms with van der Waals surface area (Å²) >= 11 is 0. The van der Waals surface area contributed by atoms with E-state index in [1.165, 1.54) is 7.11 Å². The first kappa shape index (κ1) is 10.8. The van der Waals surface area contributed by atoms with Crippen LogP contribution in [0.15, 0.2) is 11.8 Å². The molecule has 1 aliphatic carbocycles. The molecule has 1 rings (SSSR count). The Balaban J connectivity index is 3.07. The van der Waals surface area contributed by atoms with Crippen LogP contribution in [0.4, 0.5) is 0 Å². The SMILES string of the molecule is COC(=O)C1C(O)=CC(=O)CC1(C)C. The Bertz CT molecular complexity index is 301. The summed E-state index contributed by atoms with van der Waals surface area (Å²) in [5, 5.41) is 9.52. The zero-order valence-corrected chi connectivity index (χ0v) is 8.53. The second kappa shape index (κ2) is 3.44. The van der Waals surface area contributed by atoms with Crippen LogP contribution in [0.5, 0.6) is 0 Å². The number of aliphatic hydroxyl groups excluding tert-OH is 1. The first-order valence-electron chi connectivity index (χ1n) is 4.39. The lowest BCUT2D eigenvalue weighted by Gasteiger charge is -2.33. The number of methoxy groups -OCH3 is 1. The fraction of sp³-hybridized carbons (Fsp3) is 0.600. The van der Waals surface area contributed by atoms with E-state index in [1.807, 2.05) is 0 Å². The van der Waals surface area contributed by atoms with Crippen LogP contribution in [-0.2, 0) is 14.3 Å². The number of allylic oxidation sites excluding steroid dienone is 1. The molecule has 0 heterocycles. The summed E-state index contributed by atoms with van der Waals surface area (Å²) in [6.45, 7) is 3.52. The van der Waals surface area contributed by atoms with Gasteiger partial charge in [0.05, 0.1) is 7.11 Å². The van der Waals surface area contributed by atoms with Crippen molar-refractivity contribution in [2.75, 3.05) is 7.11 Å². The van der Waals surface area contributed by atoms with E-state index in [1.54, 1.807) is 13.8 Å². The van der Waals surface area contributed by atoms with Crippen molar-refractivity contribution in [2.24, 2.45) is 11.3 Å². The van der Waals surface area contributed by atoms with E-state index in [4.69, 9.17) is 0 Å². The van der Waals surface area contributed by atoms with Crippen molar-refractivity contribution in [2.45, 2.75) is 20.3 Å². The number of esters is 1. The molecule has 4 heteroatoms. The number of hydrogen-bond acceptors (Lipinski definition) is 4. The molecule has 0 aromatic rings. The standard InChI is InChI=1S/C10H14O4/c1-10(2)5-6(11)4-7(12)8(10)9(13)14-3/h4,8,12H,5H2,1-3H3. The van der Waals surface area contributed by atoms with E-state index in [0.717, 1.165) is 6.08 Å². The highest BCUT2D eigenvalue weighted by Crippen LogP contribution is 2.39. The molecule has 4 nitrogen and oxygen atoms in total. The minimum atomic E-state index is -0.731. The number of ketones is 1. The van der Waals surface area contributed by atoms with Crippen LogP contribution in [0.2, 0.25) is 0 Å². The summed E-state index contributed by atoms with van der Waals surface area (Å²) < 4.78 is 4.58. The summed E-state index contributed by atoms with van der Waals surface area (Å²) in [4.78, 5) is 22.5. The fourth-order valence-electron chi connectivity index (χ4n) is 1.81. The van der Waals surface area contributed by atoms with Gasteiger partial charge in [0.15, 0.2) is 5.78 Å². The van der Waals surface area contributed by atoms with Gasteiger partial charge in [0.1, 0.15) is 11.7 Å². The zero-order valence-electron chi connectivity index (χ0n) is 8.53. The molecule has 1 atom stereocenters. The van der Waals surface area contributed by atoms with Crippen LogP contribution in [0.3, 0.4) is 0 Å². The lowest BCUT2D eigenvalue weighted by Crippen LogP contribution is -2.38. The highest BCUT2D eigenvalue weighted by Gasteiger charge is 2.43. The van der Waals surface area contributed by atoms with Gasteiger partial charge in [0.25, 0.3) is 0 Å². The third kappa shape index (κ3) is 1.78. The van der Waals surface area contributed by atoms with Crippen LogP contribution < -0.4 is 0 Å². The number of ether oxygens (including phenoxy) is 1. The molecule has 1 unspecified atom stereocenters. The maximum absolute atomic E-state index is 11.4. The maximum atomic E-state index is 11.4. The molecular formula is C10H14O4. The molecule has 0 spiro atoms. The van der Waals surface area contributed by atoms with Gasteiger partial charge in [-0.1, -0.05) is 13.8 Å². The Morgan fingerprint density at radius 2 is 2.21 bits per heavy atom. The quantitative estimate of drug-likeness (QED) is 0.643. The van der Waals surface area contributed by atoms with E-state index < -0.39 is 17.3 Å². The molecule has 0 bridgehead atoms.